The fourth-order valence-corrected chi connectivity index (χ4v) is 36.6. The van der Waals surface area contributed by atoms with Gasteiger partial charge in [0.15, 0.2) is 0 Å². The van der Waals surface area contributed by atoms with Crippen LogP contribution in [0.1, 0.15) is 69.8 Å². The van der Waals surface area contributed by atoms with Gasteiger partial charge in [0.05, 0.1) is 24.2 Å². The first-order valence-electron chi connectivity index (χ1n) is 22.4. The number of hydrogen-bond donors (Lipinski definition) is 1. The topological polar surface area (TPSA) is 15.3 Å². The largest absolute Gasteiger partial charge is 0.317 e. The van der Waals surface area contributed by atoms with Gasteiger partial charge >= 0.3 is 0 Å². The molecule has 2 nitrogen and oxygen atoms in total. The Morgan fingerprint density at radius 2 is 1.00 bits per heavy atom. The zero-order valence-corrected chi connectivity index (χ0v) is 45.2. The monoisotopic (exact) mass is 1030 g/mol. The summed E-state index contributed by atoms with van der Waals surface area (Å²) in [6.45, 7) is 12.8. The van der Waals surface area contributed by atoms with Crippen molar-refractivity contribution in [1.29, 1.82) is 0 Å². The van der Waals surface area contributed by atoms with Crippen LogP contribution in [0.2, 0.25) is 96.7 Å². The fraction of sp³-hybridized carbons (Fsp3) is 0.767. The van der Waals surface area contributed by atoms with Gasteiger partial charge in [-0.3, -0.25) is 4.90 Å². The Hall–Kier alpha value is 1.53. The van der Waals surface area contributed by atoms with E-state index < -0.39 is 39.0 Å². The third kappa shape index (κ3) is 17.8. The number of alkyl halides is 2. The van der Waals surface area contributed by atoms with Crippen LogP contribution >= 0.6 is 66.4 Å². The molecule has 55 heavy (non-hydrogen) atoms. The van der Waals surface area contributed by atoms with E-state index in [0.717, 1.165) is 12.1 Å². The van der Waals surface area contributed by atoms with Crippen molar-refractivity contribution >= 4 is 105 Å². The van der Waals surface area contributed by atoms with Gasteiger partial charge in [-0.05, 0) is 80.1 Å². The molecule has 0 unspecified atom stereocenters. The Balaban J connectivity index is 0.000000190. The van der Waals surface area contributed by atoms with E-state index in [4.69, 9.17) is 22.2 Å². The van der Waals surface area contributed by atoms with Crippen LogP contribution in [-0.4, -0.2) is 80.7 Å². The van der Waals surface area contributed by atoms with Crippen LogP contribution < -0.4 is 5.32 Å². The highest BCUT2D eigenvalue weighted by Crippen LogP contribution is 2.40. The lowest BCUT2D eigenvalue weighted by atomic mass is 10.2. The highest BCUT2D eigenvalue weighted by Gasteiger charge is 2.39. The lowest BCUT2D eigenvalue weighted by Crippen LogP contribution is -2.44. The summed E-state index contributed by atoms with van der Waals surface area (Å²) in [5, 5.41) is 5.96. The standard InChI is InChI=1S/C15H23NSi.C8H16Br2Si.C8H17NSi.C8H14Si.C4H8Cl2Si.ClH/c1-2-6-15(7-3-1)14-16-8-12-17(13-9-16)10-4-5-11-17;9-3-7-11(8-4-10)5-1-2-6-11;1-2-6-10(5-1)7-3-9-4-8-10;1-3-9(4-2)7-5-6-8-9;5-7(6)3-1-2-4-7;/h1-3,6-7H,4-5,8-14H2;1-8H2;9H,1-8H2;3-4H,1-2,5-8H2;1-4H2;1H. The van der Waals surface area contributed by atoms with Crippen molar-refractivity contribution in [1.82, 2.24) is 10.2 Å². The third-order valence-corrected chi connectivity index (χ3v) is 41.9. The average molecular weight is 1030 g/mol. The van der Waals surface area contributed by atoms with Gasteiger partial charge in [0.1, 0.15) is 8.07 Å². The van der Waals surface area contributed by atoms with Gasteiger partial charge in [-0.15, -0.1) is 47.7 Å². The molecule has 1 aromatic rings. The molecule has 0 aromatic heterocycles. The normalized spacial score (nSPS) is 25.1. The summed E-state index contributed by atoms with van der Waals surface area (Å²) < 4.78 is 0. The van der Waals surface area contributed by atoms with E-state index in [9.17, 15) is 0 Å². The molecule has 7 fully saturated rings. The van der Waals surface area contributed by atoms with Crippen LogP contribution in [0.3, 0.4) is 0 Å². The Bertz CT molecular complexity index is 1150. The zero-order valence-electron chi connectivity index (χ0n) is 34.7. The Kier molecular flexibility index (Phi) is 24.8. The second kappa shape index (κ2) is 26.8. The molecule has 7 heterocycles. The molecular weight excluding hydrogens is 951 g/mol. The summed E-state index contributed by atoms with van der Waals surface area (Å²) in [6, 6.07) is 35.2. The van der Waals surface area contributed by atoms with E-state index in [1.807, 2.05) is 0 Å². The summed E-state index contributed by atoms with van der Waals surface area (Å²) in [7, 11) is -3.08. The minimum atomic E-state index is -1.60. The molecule has 12 heteroatoms. The average Bonchev–Trinajstić information content (AvgIpc) is 4.06. The van der Waals surface area contributed by atoms with Crippen LogP contribution in [0, 0.1) is 0 Å². The maximum absolute atomic E-state index is 5.87. The highest BCUT2D eigenvalue weighted by molar-refractivity contribution is 9.09. The molecule has 0 radical (unpaired) electrons. The summed E-state index contributed by atoms with van der Waals surface area (Å²) in [5.74, 6) is 0. The van der Waals surface area contributed by atoms with Gasteiger partial charge in [0.25, 0.3) is 6.69 Å². The molecule has 0 bridgehead atoms. The SMILES string of the molecule is BrCC[Si]1(CCBr)CCCC1.C1CC[Si]2(C1)CCNCC2.C=C[Si]1(C=C)CCCC1.Cl.Cl[Si]1(Cl)CCCC1.c1ccc(CN2CC[Si]3(CCCC3)CC2)cc1. The van der Waals surface area contributed by atoms with E-state index in [-0.39, 0.29) is 12.4 Å². The van der Waals surface area contributed by atoms with Gasteiger partial charge in [0.2, 0.25) is 0 Å². The quantitative estimate of drug-likeness (QED) is 0.159. The zero-order chi connectivity index (χ0) is 38.6. The van der Waals surface area contributed by atoms with Gasteiger partial charge in [-0.1, -0.05) is 186 Å². The van der Waals surface area contributed by atoms with Gasteiger partial charge in [-0.25, -0.2) is 0 Å². The summed E-state index contributed by atoms with van der Waals surface area (Å²) in [5.41, 5.74) is 5.86. The molecule has 0 atom stereocenters. The van der Waals surface area contributed by atoms with E-state index in [2.05, 4.69) is 97.0 Å². The van der Waals surface area contributed by atoms with E-state index in [1.54, 1.807) is 86.1 Å². The minimum Gasteiger partial charge on any atom is -0.317 e. The molecular formula is C43H79Br2Cl3N2Si5. The lowest BCUT2D eigenvalue weighted by Gasteiger charge is -2.38. The maximum Gasteiger partial charge on any atom is 0.251 e. The third-order valence-electron chi connectivity index (χ3n) is 14.8. The molecule has 316 valence electrons. The van der Waals surface area contributed by atoms with E-state index >= 15 is 0 Å². The minimum absolute atomic E-state index is 0. The van der Waals surface area contributed by atoms with Crippen molar-refractivity contribution in [3.05, 3.63) is 60.5 Å². The van der Waals surface area contributed by atoms with Crippen LogP contribution in [-0.2, 0) is 6.54 Å². The molecule has 7 aliphatic rings. The number of hydrogen-bond acceptors (Lipinski definition) is 2. The van der Waals surface area contributed by atoms with E-state index in [0.29, 0.717) is 0 Å². The first kappa shape index (κ1) is 50.9. The molecule has 0 aliphatic carbocycles. The summed E-state index contributed by atoms with van der Waals surface area (Å²) >= 11 is 18.9. The molecule has 8 rings (SSSR count). The van der Waals surface area contributed by atoms with Crippen LogP contribution in [0.4, 0.5) is 0 Å². The predicted molar refractivity (Wildman–Crippen MR) is 273 cm³/mol. The maximum atomic E-state index is 5.87. The number of nitrogens with one attached hydrogen (secondary N) is 1. The van der Waals surface area contributed by atoms with Gasteiger partial charge < -0.3 is 5.32 Å². The highest BCUT2D eigenvalue weighted by atomic mass is 79.9. The fourth-order valence-electron chi connectivity index (χ4n) is 10.8. The second-order valence-electron chi connectivity index (χ2n) is 18.4. The van der Waals surface area contributed by atoms with Crippen molar-refractivity contribution in [2.45, 2.75) is 167 Å². The smallest absolute Gasteiger partial charge is 0.251 e. The molecule has 1 N–H and O–H groups in total. The molecule has 0 amide bonds. The predicted octanol–water partition coefficient (Wildman–Crippen LogP) is 15.4. The molecule has 7 saturated heterocycles. The molecule has 7 aliphatic heterocycles. The van der Waals surface area contributed by atoms with Gasteiger partial charge in [-0.2, -0.15) is 0 Å². The van der Waals surface area contributed by atoms with Crippen molar-refractivity contribution in [3.8, 4) is 0 Å². The van der Waals surface area contributed by atoms with Crippen LogP contribution in [0.5, 0.6) is 0 Å². The molecule has 0 saturated carbocycles. The number of benzene rings is 1. The van der Waals surface area contributed by atoms with Crippen LogP contribution in [0.25, 0.3) is 0 Å². The Labute approximate surface area is 377 Å². The number of halogens is 5. The van der Waals surface area contributed by atoms with Crippen LogP contribution in [0.15, 0.2) is 54.9 Å². The van der Waals surface area contributed by atoms with Gasteiger partial charge in [0, 0.05) is 17.2 Å². The molecule has 1 aromatic carbocycles. The van der Waals surface area contributed by atoms with E-state index in [1.165, 1.54) is 112 Å². The van der Waals surface area contributed by atoms with Crippen molar-refractivity contribution < 1.29 is 0 Å². The van der Waals surface area contributed by atoms with Crippen molar-refractivity contribution in [2.24, 2.45) is 0 Å². The molecule has 2 spiro atoms. The number of nitrogens with zero attached hydrogens (tertiary/aromatic N) is 1. The first-order valence-corrected chi connectivity index (χ1v) is 40.1. The first-order chi connectivity index (χ1) is 26.1. The summed E-state index contributed by atoms with van der Waals surface area (Å²) in [4.78, 5) is 2.67. The van der Waals surface area contributed by atoms with Crippen molar-refractivity contribution in [2.75, 3.05) is 36.8 Å². The number of rotatable bonds is 8. The Morgan fingerprint density at radius 1 is 0.582 bits per heavy atom. The summed E-state index contributed by atoms with van der Waals surface area (Å²) in [6.07, 6.45) is 14.6. The Morgan fingerprint density at radius 3 is 1.40 bits per heavy atom. The van der Waals surface area contributed by atoms with Crippen molar-refractivity contribution in [3.63, 3.8) is 0 Å². The lowest BCUT2D eigenvalue weighted by molar-refractivity contribution is 0.281. The second-order valence-corrected chi connectivity index (χ2v) is 46.9.